The predicted octanol–water partition coefficient (Wildman–Crippen LogP) is 2.31. The summed E-state index contributed by atoms with van der Waals surface area (Å²) in [6.07, 6.45) is 5.66. The molecule has 3 rings (SSSR count). The number of rotatable bonds is 3. The molecule has 5 heteroatoms. The fraction of sp³-hybridized carbons (Fsp3) is 0.286. The van der Waals surface area contributed by atoms with Crippen molar-refractivity contribution in [1.82, 2.24) is 0 Å². The van der Waals surface area contributed by atoms with Gasteiger partial charge in [0.1, 0.15) is 11.6 Å². The molecule has 100 valence electrons. The molecule has 2 aliphatic rings. The third kappa shape index (κ3) is 2.79. The van der Waals surface area contributed by atoms with Crippen molar-refractivity contribution < 1.29 is 4.79 Å². The van der Waals surface area contributed by atoms with Crippen molar-refractivity contribution in [3.05, 3.63) is 42.6 Å². The van der Waals surface area contributed by atoms with Crippen molar-refractivity contribution in [2.24, 2.45) is 22.7 Å². The quantitative estimate of drug-likeness (QED) is 0.922. The van der Waals surface area contributed by atoms with Crippen LogP contribution in [-0.2, 0) is 4.79 Å². The highest BCUT2D eigenvalue weighted by molar-refractivity contribution is 6.07. The first-order valence-electron chi connectivity index (χ1n) is 6.16. The molecule has 2 N–H and O–H groups in total. The largest absolute Gasteiger partial charge is 0.385 e. The maximum Gasteiger partial charge on any atom is 0.150 e. The molecular weight excluding hydrogens is 262 g/mol. The van der Waals surface area contributed by atoms with E-state index in [0.717, 1.165) is 18.5 Å². The minimum Gasteiger partial charge on any atom is -0.385 e. The molecule has 0 saturated heterocycles. The van der Waals surface area contributed by atoms with E-state index in [4.69, 9.17) is 5.73 Å². The minimum atomic E-state index is -0.336. The third-order valence-corrected chi connectivity index (χ3v) is 3.27. The molecule has 1 aromatic carbocycles. The van der Waals surface area contributed by atoms with Crippen LogP contribution in [0.4, 0.5) is 5.69 Å². The molecule has 0 amide bonds. The summed E-state index contributed by atoms with van der Waals surface area (Å²) in [6, 6.07) is 9.73. The molecule has 1 aliphatic carbocycles. The van der Waals surface area contributed by atoms with Crippen LogP contribution in [0.1, 0.15) is 12.8 Å². The van der Waals surface area contributed by atoms with Gasteiger partial charge in [0.05, 0.1) is 11.6 Å². The number of Topliss-reactive ketones (excluding diaryl/α,β-unsaturated/α-hetero) is 1. The number of para-hydroxylation sites is 1. The second-order valence-electron chi connectivity index (χ2n) is 4.70. The van der Waals surface area contributed by atoms with Gasteiger partial charge >= 0.3 is 0 Å². The van der Waals surface area contributed by atoms with Crippen LogP contribution in [0.3, 0.4) is 0 Å². The summed E-state index contributed by atoms with van der Waals surface area (Å²) in [5.74, 6) is 0.465. The number of benzene rings is 1. The molecule has 1 unspecified atom stereocenters. The summed E-state index contributed by atoms with van der Waals surface area (Å²) < 4.78 is 0. The number of amidine groups is 1. The Bertz CT molecular complexity index is 523. The van der Waals surface area contributed by atoms with Gasteiger partial charge in [-0.25, -0.2) is 5.01 Å². The lowest BCUT2D eigenvalue weighted by Crippen LogP contribution is -2.35. The van der Waals surface area contributed by atoms with Gasteiger partial charge in [-0.2, -0.15) is 5.10 Å². The lowest BCUT2D eigenvalue weighted by atomic mass is 9.98. The van der Waals surface area contributed by atoms with E-state index in [9.17, 15) is 4.79 Å². The number of nitrogens with two attached hydrogens (primary N) is 1. The number of halogens is 1. The van der Waals surface area contributed by atoms with Gasteiger partial charge in [0.2, 0.25) is 0 Å². The Labute approximate surface area is 118 Å². The average molecular weight is 278 g/mol. The molecule has 1 heterocycles. The molecule has 1 fully saturated rings. The lowest BCUT2D eigenvalue weighted by molar-refractivity contribution is -0.121. The van der Waals surface area contributed by atoms with Crippen molar-refractivity contribution in [2.45, 2.75) is 12.8 Å². The van der Waals surface area contributed by atoms with Crippen LogP contribution >= 0.6 is 12.4 Å². The van der Waals surface area contributed by atoms with Crippen LogP contribution in [-0.4, -0.2) is 11.6 Å². The highest BCUT2D eigenvalue weighted by Crippen LogP contribution is 2.33. The van der Waals surface area contributed by atoms with E-state index in [2.05, 4.69) is 5.10 Å². The maximum atomic E-state index is 12.0. The van der Waals surface area contributed by atoms with Gasteiger partial charge in [-0.3, -0.25) is 4.79 Å². The third-order valence-electron chi connectivity index (χ3n) is 3.27. The van der Waals surface area contributed by atoms with Gasteiger partial charge in [-0.15, -0.1) is 12.4 Å². The molecule has 0 spiro atoms. The van der Waals surface area contributed by atoms with Gasteiger partial charge in [0.15, 0.2) is 0 Å². The van der Waals surface area contributed by atoms with Crippen molar-refractivity contribution in [3.63, 3.8) is 0 Å². The molecule has 0 aromatic heterocycles. The molecule has 0 radical (unpaired) electrons. The lowest BCUT2D eigenvalue weighted by Gasteiger charge is -2.22. The SMILES string of the molecule is Cl.NC1=NN(c2ccccc2)C=CC1C(=O)C1CC1. The van der Waals surface area contributed by atoms with Crippen molar-refractivity contribution in [1.29, 1.82) is 0 Å². The summed E-state index contributed by atoms with van der Waals surface area (Å²) >= 11 is 0. The Balaban J connectivity index is 0.00000133. The Morgan fingerprint density at radius 3 is 2.53 bits per heavy atom. The molecule has 1 aromatic rings. The number of anilines is 1. The number of hydrogen-bond donors (Lipinski definition) is 1. The number of carbonyl (C=O) groups excluding carboxylic acids is 1. The fourth-order valence-corrected chi connectivity index (χ4v) is 2.07. The summed E-state index contributed by atoms with van der Waals surface area (Å²) in [5, 5.41) is 5.99. The second-order valence-corrected chi connectivity index (χ2v) is 4.70. The number of ketones is 1. The minimum absolute atomic E-state index is 0. The van der Waals surface area contributed by atoms with Crippen LogP contribution < -0.4 is 10.7 Å². The van der Waals surface area contributed by atoms with Crippen molar-refractivity contribution in [2.75, 3.05) is 5.01 Å². The van der Waals surface area contributed by atoms with E-state index in [0.29, 0.717) is 5.84 Å². The van der Waals surface area contributed by atoms with Crippen LogP contribution in [0.15, 0.2) is 47.7 Å². The Kier molecular flexibility index (Phi) is 3.90. The normalized spacial score (nSPS) is 21.6. The van der Waals surface area contributed by atoms with E-state index in [1.54, 1.807) is 5.01 Å². The van der Waals surface area contributed by atoms with Gasteiger partial charge < -0.3 is 5.73 Å². The topological polar surface area (TPSA) is 58.7 Å². The van der Waals surface area contributed by atoms with E-state index >= 15 is 0 Å². The van der Waals surface area contributed by atoms with Gasteiger partial charge in [-0.05, 0) is 31.1 Å². The molecule has 1 aliphatic heterocycles. The second kappa shape index (κ2) is 5.45. The molecule has 0 bridgehead atoms. The molecule has 4 nitrogen and oxygen atoms in total. The monoisotopic (exact) mass is 277 g/mol. The number of hydrogen-bond acceptors (Lipinski definition) is 4. The van der Waals surface area contributed by atoms with Crippen molar-refractivity contribution >= 4 is 29.7 Å². The van der Waals surface area contributed by atoms with Gasteiger partial charge in [0.25, 0.3) is 0 Å². The molecule has 1 atom stereocenters. The summed E-state index contributed by atoms with van der Waals surface area (Å²) in [4.78, 5) is 12.0. The van der Waals surface area contributed by atoms with E-state index in [-0.39, 0.29) is 30.0 Å². The highest BCUT2D eigenvalue weighted by atomic mass is 35.5. The van der Waals surface area contributed by atoms with Crippen molar-refractivity contribution in [3.8, 4) is 0 Å². The number of nitrogens with zero attached hydrogens (tertiary/aromatic N) is 2. The van der Waals surface area contributed by atoms with Crippen LogP contribution in [0.25, 0.3) is 0 Å². The zero-order valence-corrected chi connectivity index (χ0v) is 11.2. The first kappa shape index (κ1) is 13.6. The molecular formula is C14H16ClN3O. The van der Waals surface area contributed by atoms with Gasteiger partial charge in [-0.1, -0.05) is 18.2 Å². The fourth-order valence-electron chi connectivity index (χ4n) is 2.07. The predicted molar refractivity (Wildman–Crippen MR) is 78.2 cm³/mol. The smallest absolute Gasteiger partial charge is 0.150 e. The summed E-state index contributed by atoms with van der Waals surface area (Å²) in [7, 11) is 0. The molecule has 1 saturated carbocycles. The van der Waals surface area contributed by atoms with E-state index in [1.165, 1.54) is 0 Å². The van der Waals surface area contributed by atoms with E-state index < -0.39 is 0 Å². The average Bonchev–Trinajstić information content (AvgIpc) is 3.23. The van der Waals surface area contributed by atoms with Crippen LogP contribution in [0.2, 0.25) is 0 Å². The Hall–Kier alpha value is -1.81. The summed E-state index contributed by atoms with van der Waals surface area (Å²) in [6.45, 7) is 0. The Morgan fingerprint density at radius 2 is 1.95 bits per heavy atom. The maximum absolute atomic E-state index is 12.0. The standard InChI is InChI=1S/C14H15N3O.ClH/c15-14-12(13(18)10-6-7-10)8-9-17(16-14)11-4-2-1-3-5-11;/h1-5,8-10,12H,6-7H2,(H2,15,16);1H. The first-order chi connectivity index (χ1) is 8.75. The zero-order chi connectivity index (χ0) is 12.5. The molecule has 19 heavy (non-hydrogen) atoms. The number of hydrazone groups is 1. The Morgan fingerprint density at radius 1 is 1.26 bits per heavy atom. The van der Waals surface area contributed by atoms with Crippen LogP contribution in [0.5, 0.6) is 0 Å². The highest BCUT2D eigenvalue weighted by Gasteiger charge is 2.36. The zero-order valence-electron chi connectivity index (χ0n) is 10.4. The van der Waals surface area contributed by atoms with Gasteiger partial charge in [0, 0.05) is 12.1 Å². The van der Waals surface area contributed by atoms with E-state index in [1.807, 2.05) is 42.6 Å². The van der Waals surface area contributed by atoms with Crippen LogP contribution in [0, 0.1) is 11.8 Å². The first-order valence-corrected chi connectivity index (χ1v) is 6.16. The summed E-state index contributed by atoms with van der Waals surface area (Å²) in [5.41, 5.74) is 6.85. The number of carbonyl (C=O) groups is 1.